The maximum Gasteiger partial charge on any atom is 0.244 e. The van der Waals surface area contributed by atoms with E-state index in [1.165, 1.54) is 6.92 Å². The number of benzene rings is 2. The molecule has 1 aromatic heterocycles. The molecule has 1 saturated heterocycles. The Morgan fingerprint density at radius 2 is 2.03 bits per heavy atom. The van der Waals surface area contributed by atoms with Gasteiger partial charge in [0.1, 0.15) is 11.7 Å². The van der Waals surface area contributed by atoms with Gasteiger partial charge in [-0.1, -0.05) is 41.6 Å². The highest BCUT2D eigenvalue weighted by Gasteiger charge is 2.32. The third kappa shape index (κ3) is 4.33. The van der Waals surface area contributed by atoms with Crippen LogP contribution < -0.4 is 11.1 Å². The van der Waals surface area contributed by atoms with E-state index in [0.29, 0.717) is 25.3 Å². The zero-order valence-electron chi connectivity index (χ0n) is 17.0. The Labute approximate surface area is 175 Å². The van der Waals surface area contributed by atoms with Crippen molar-refractivity contribution < 1.29 is 9.59 Å². The topological polar surface area (TPSA) is 106 Å². The highest BCUT2D eigenvalue weighted by atomic mass is 16.2. The summed E-state index contributed by atoms with van der Waals surface area (Å²) in [6.07, 6.45) is 3.64. The number of fused-ring (bicyclic) bond motifs is 1. The first-order valence-electron chi connectivity index (χ1n) is 10.2. The van der Waals surface area contributed by atoms with E-state index in [4.69, 9.17) is 5.73 Å². The van der Waals surface area contributed by atoms with Crippen LogP contribution in [0.25, 0.3) is 10.8 Å². The highest BCUT2D eigenvalue weighted by Crippen LogP contribution is 2.25. The van der Waals surface area contributed by atoms with E-state index in [-0.39, 0.29) is 17.9 Å². The molecule has 1 aliphatic heterocycles. The van der Waals surface area contributed by atoms with Crippen LogP contribution in [0.3, 0.4) is 0 Å². The predicted molar refractivity (Wildman–Crippen MR) is 113 cm³/mol. The lowest BCUT2D eigenvalue weighted by Gasteiger charge is -2.27. The van der Waals surface area contributed by atoms with Gasteiger partial charge in [0.05, 0.1) is 25.3 Å². The SMILES string of the molecule is CC(=O)NCc1cn(CC2CCCN2C(=O)C(N)c2ccc3ccccc3c2)nn1. The first kappa shape index (κ1) is 20.0. The second kappa shape index (κ2) is 8.62. The van der Waals surface area contributed by atoms with Crippen molar-refractivity contribution in [2.45, 2.75) is 44.9 Å². The molecule has 0 radical (unpaired) electrons. The van der Waals surface area contributed by atoms with Gasteiger partial charge in [-0.05, 0) is 35.2 Å². The van der Waals surface area contributed by atoms with Crippen LogP contribution in [0.2, 0.25) is 0 Å². The second-order valence-electron chi connectivity index (χ2n) is 7.75. The van der Waals surface area contributed by atoms with Crippen molar-refractivity contribution >= 4 is 22.6 Å². The lowest BCUT2D eigenvalue weighted by atomic mass is 10.0. The van der Waals surface area contributed by atoms with Gasteiger partial charge in [-0.3, -0.25) is 14.3 Å². The van der Waals surface area contributed by atoms with E-state index in [0.717, 1.165) is 29.2 Å². The molecule has 8 heteroatoms. The van der Waals surface area contributed by atoms with Crippen molar-refractivity contribution in [3.8, 4) is 0 Å². The summed E-state index contributed by atoms with van der Waals surface area (Å²) in [5, 5.41) is 13.1. The molecule has 8 nitrogen and oxygen atoms in total. The van der Waals surface area contributed by atoms with Crippen LogP contribution in [-0.2, 0) is 22.7 Å². The number of nitrogens with two attached hydrogens (primary N) is 1. The summed E-state index contributed by atoms with van der Waals surface area (Å²) < 4.78 is 1.73. The summed E-state index contributed by atoms with van der Waals surface area (Å²) in [5.74, 6) is -0.175. The average Bonchev–Trinajstić information content (AvgIpc) is 3.40. The molecule has 1 fully saturated rings. The van der Waals surface area contributed by atoms with E-state index >= 15 is 0 Å². The number of hydrogen-bond acceptors (Lipinski definition) is 5. The van der Waals surface area contributed by atoms with Crippen LogP contribution in [0.15, 0.2) is 48.7 Å². The minimum Gasteiger partial charge on any atom is -0.351 e. The molecule has 3 N–H and O–H groups in total. The van der Waals surface area contributed by atoms with Gasteiger partial charge < -0.3 is 16.0 Å². The number of rotatable bonds is 6. The molecule has 0 spiro atoms. The number of carbonyl (C=O) groups is 2. The number of aromatic nitrogens is 3. The smallest absolute Gasteiger partial charge is 0.244 e. The third-order valence-electron chi connectivity index (χ3n) is 5.56. The summed E-state index contributed by atoms with van der Waals surface area (Å²) in [6, 6.07) is 13.3. The quantitative estimate of drug-likeness (QED) is 0.649. The van der Waals surface area contributed by atoms with Crippen molar-refractivity contribution in [2.24, 2.45) is 5.73 Å². The van der Waals surface area contributed by atoms with Gasteiger partial charge >= 0.3 is 0 Å². The van der Waals surface area contributed by atoms with Gasteiger partial charge in [0.15, 0.2) is 0 Å². The molecule has 1 aliphatic rings. The molecule has 0 bridgehead atoms. The predicted octanol–water partition coefficient (Wildman–Crippen LogP) is 1.76. The van der Waals surface area contributed by atoms with Crippen LogP contribution in [-0.4, -0.2) is 44.3 Å². The molecule has 0 saturated carbocycles. The minimum absolute atomic E-state index is 0.0272. The van der Waals surface area contributed by atoms with Crippen LogP contribution in [0.1, 0.15) is 37.1 Å². The molecular weight excluding hydrogens is 380 g/mol. The zero-order valence-corrected chi connectivity index (χ0v) is 17.0. The van der Waals surface area contributed by atoms with E-state index in [9.17, 15) is 9.59 Å². The summed E-state index contributed by atoms with van der Waals surface area (Å²) in [4.78, 5) is 26.1. The Morgan fingerprint density at radius 3 is 2.83 bits per heavy atom. The Hall–Kier alpha value is -3.26. The van der Waals surface area contributed by atoms with E-state index in [2.05, 4.69) is 15.6 Å². The molecule has 2 unspecified atom stereocenters. The van der Waals surface area contributed by atoms with Crippen LogP contribution in [0.4, 0.5) is 0 Å². The Balaban J connectivity index is 1.44. The van der Waals surface area contributed by atoms with Gasteiger partial charge in [-0.15, -0.1) is 5.10 Å². The first-order valence-corrected chi connectivity index (χ1v) is 10.2. The lowest BCUT2D eigenvalue weighted by molar-refractivity contribution is -0.133. The Bertz CT molecular complexity index is 1060. The molecule has 2 atom stereocenters. The zero-order chi connectivity index (χ0) is 21.1. The van der Waals surface area contributed by atoms with Crippen molar-refractivity contribution in [1.82, 2.24) is 25.2 Å². The number of hydrogen-bond donors (Lipinski definition) is 2. The van der Waals surface area contributed by atoms with Crippen LogP contribution in [0.5, 0.6) is 0 Å². The standard InChI is InChI=1S/C22H26N6O2/c1-15(29)24-12-19-13-27(26-25-19)14-20-7-4-10-28(20)22(30)21(23)18-9-8-16-5-2-3-6-17(16)11-18/h2-3,5-6,8-9,11,13,20-21H,4,7,10,12,14,23H2,1H3,(H,24,29). The molecular formula is C22H26N6O2. The van der Waals surface area contributed by atoms with Crippen molar-refractivity contribution in [2.75, 3.05) is 6.54 Å². The van der Waals surface area contributed by atoms with Gasteiger partial charge in [0, 0.05) is 13.5 Å². The van der Waals surface area contributed by atoms with Gasteiger partial charge in [0.25, 0.3) is 0 Å². The molecule has 2 heterocycles. The largest absolute Gasteiger partial charge is 0.351 e. The average molecular weight is 406 g/mol. The van der Waals surface area contributed by atoms with Gasteiger partial charge in [0.2, 0.25) is 11.8 Å². The van der Waals surface area contributed by atoms with E-state index in [1.54, 1.807) is 10.9 Å². The number of nitrogens with one attached hydrogen (secondary N) is 1. The van der Waals surface area contributed by atoms with Gasteiger partial charge in [-0.2, -0.15) is 0 Å². The fraction of sp³-hybridized carbons (Fsp3) is 0.364. The number of likely N-dealkylation sites (tertiary alicyclic amines) is 1. The highest BCUT2D eigenvalue weighted by molar-refractivity contribution is 5.87. The molecule has 2 amide bonds. The minimum atomic E-state index is -0.693. The van der Waals surface area contributed by atoms with E-state index in [1.807, 2.05) is 47.4 Å². The summed E-state index contributed by atoms with van der Waals surface area (Å²) in [5.41, 5.74) is 7.88. The summed E-state index contributed by atoms with van der Waals surface area (Å²) in [6.45, 7) is 3.06. The molecule has 156 valence electrons. The first-order chi connectivity index (χ1) is 14.5. The fourth-order valence-corrected chi connectivity index (χ4v) is 3.98. The van der Waals surface area contributed by atoms with Gasteiger partial charge in [-0.25, -0.2) is 0 Å². The Morgan fingerprint density at radius 1 is 1.23 bits per heavy atom. The Kier molecular flexibility index (Phi) is 5.76. The number of nitrogens with zero attached hydrogens (tertiary/aromatic N) is 4. The van der Waals surface area contributed by atoms with Crippen LogP contribution in [0, 0.1) is 0 Å². The number of amides is 2. The third-order valence-corrected chi connectivity index (χ3v) is 5.56. The molecule has 2 aromatic carbocycles. The summed E-state index contributed by atoms with van der Waals surface area (Å²) in [7, 11) is 0. The molecule has 4 rings (SSSR count). The molecule has 0 aliphatic carbocycles. The van der Waals surface area contributed by atoms with Crippen molar-refractivity contribution in [3.05, 3.63) is 59.9 Å². The van der Waals surface area contributed by atoms with Crippen molar-refractivity contribution in [1.29, 1.82) is 0 Å². The normalized spacial score (nSPS) is 17.3. The van der Waals surface area contributed by atoms with E-state index < -0.39 is 6.04 Å². The maximum atomic E-state index is 13.2. The van der Waals surface area contributed by atoms with Crippen molar-refractivity contribution in [3.63, 3.8) is 0 Å². The second-order valence-corrected chi connectivity index (χ2v) is 7.75. The fourth-order valence-electron chi connectivity index (χ4n) is 3.98. The molecule has 3 aromatic rings. The van der Waals surface area contributed by atoms with Crippen LogP contribution >= 0.6 is 0 Å². The monoisotopic (exact) mass is 406 g/mol. The lowest BCUT2D eigenvalue weighted by Crippen LogP contribution is -2.43. The maximum absolute atomic E-state index is 13.2. The summed E-state index contributed by atoms with van der Waals surface area (Å²) >= 11 is 0. The molecule has 30 heavy (non-hydrogen) atoms. The number of carbonyl (C=O) groups excluding carboxylic acids is 2.